The minimum Gasteiger partial charge on any atom is -0.480 e. The first-order chi connectivity index (χ1) is 16.0. The second-order valence-electron chi connectivity index (χ2n) is 10.1. The van der Waals surface area contributed by atoms with Gasteiger partial charge in [-0.15, -0.1) is 0 Å². The fraction of sp³-hybridized carbons (Fsp3) is 0.885. The Hall–Kier alpha value is -1.67. The highest BCUT2D eigenvalue weighted by molar-refractivity contribution is 6.16. The summed E-state index contributed by atoms with van der Waals surface area (Å²) in [6.07, 6.45) is 19.8. The van der Waals surface area contributed by atoms with E-state index in [-0.39, 0.29) is 0 Å². The Morgan fingerprint density at radius 2 is 0.912 bits per heavy atom. The number of aliphatic carboxylic acids is 3. The van der Waals surface area contributed by atoms with Crippen LogP contribution in [0.4, 0.5) is 0 Å². The summed E-state index contributed by atoms with van der Waals surface area (Å²) in [7, 11) is 0. The summed E-state index contributed by atoms with van der Waals surface area (Å²) in [5, 5.41) is 27.8. The zero-order valence-electron chi connectivity index (χ0n) is 21.5. The second kappa shape index (κ2) is 17.7. The fourth-order valence-electron chi connectivity index (χ4n) is 4.40. The molecule has 0 aliphatic heterocycles. The van der Waals surface area contributed by atoms with Crippen LogP contribution in [0.1, 0.15) is 129 Å². The van der Waals surface area contributed by atoms with E-state index in [1.54, 1.807) is 6.92 Å². The molecule has 7 N–H and O–H groups in total. The van der Waals surface area contributed by atoms with Crippen molar-refractivity contribution in [1.82, 2.24) is 0 Å². The van der Waals surface area contributed by atoms with Gasteiger partial charge in [0.25, 0.3) is 5.41 Å². The maximum absolute atomic E-state index is 11.4. The van der Waals surface area contributed by atoms with Crippen LogP contribution in [0.5, 0.6) is 0 Å². The number of carboxylic acids is 3. The van der Waals surface area contributed by atoms with Crippen LogP contribution >= 0.6 is 0 Å². The molecule has 0 aromatic heterocycles. The van der Waals surface area contributed by atoms with Crippen LogP contribution in [-0.2, 0) is 14.4 Å². The van der Waals surface area contributed by atoms with E-state index in [0.717, 1.165) is 19.3 Å². The van der Waals surface area contributed by atoms with Crippen LogP contribution in [-0.4, -0.2) is 38.9 Å². The van der Waals surface area contributed by atoms with E-state index in [0.29, 0.717) is 6.42 Å². The van der Waals surface area contributed by atoms with Gasteiger partial charge in [0.2, 0.25) is 0 Å². The summed E-state index contributed by atoms with van der Waals surface area (Å²) in [5.41, 5.74) is 7.26. The Morgan fingerprint density at radius 3 is 1.21 bits per heavy atom. The van der Waals surface area contributed by atoms with Crippen LogP contribution in [0.3, 0.4) is 0 Å². The van der Waals surface area contributed by atoms with Crippen LogP contribution in [0.25, 0.3) is 0 Å². The van der Waals surface area contributed by atoms with Crippen molar-refractivity contribution in [2.45, 2.75) is 135 Å². The van der Waals surface area contributed by atoms with Gasteiger partial charge in [0.1, 0.15) is 0 Å². The number of hydrogen-bond acceptors (Lipinski definition) is 5. The lowest BCUT2D eigenvalue weighted by Gasteiger charge is -2.36. The van der Waals surface area contributed by atoms with E-state index in [4.69, 9.17) is 11.5 Å². The van der Waals surface area contributed by atoms with Crippen LogP contribution in [0.2, 0.25) is 0 Å². The second-order valence-corrected chi connectivity index (χ2v) is 10.1. The zero-order valence-corrected chi connectivity index (χ0v) is 21.5. The zero-order chi connectivity index (χ0) is 26.0. The molecule has 0 bridgehead atoms. The summed E-state index contributed by atoms with van der Waals surface area (Å²) in [5.74, 6) is -6.33. The SMILES string of the molecule is CCCCCCCCCCCCCCCCCCC(C)C(N)(N)CC(C(=O)O)(C(=O)O)C(=O)O. The molecule has 8 nitrogen and oxygen atoms in total. The van der Waals surface area contributed by atoms with Crippen molar-refractivity contribution in [2.75, 3.05) is 0 Å². The van der Waals surface area contributed by atoms with E-state index < -0.39 is 41.3 Å². The molecule has 1 unspecified atom stereocenters. The molecular formula is C26H50N2O6. The highest BCUT2D eigenvalue weighted by atomic mass is 16.4. The normalized spacial score (nSPS) is 13.1. The van der Waals surface area contributed by atoms with Crippen molar-refractivity contribution in [3.8, 4) is 0 Å². The Morgan fingerprint density at radius 1 is 0.618 bits per heavy atom. The molecule has 0 saturated heterocycles. The van der Waals surface area contributed by atoms with Crippen LogP contribution in [0, 0.1) is 11.3 Å². The molecule has 0 spiro atoms. The third kappa shape index (κ3) is 12.2. The third-order valence-electron chi connectivity index (χ3n) is 7.07. The lowest BCUT2D eigenvalue weighted by molar-refractivity contribution is -0.178. The average molecular weight is 487 g/mol. The molecular weight excluding hydrogens is 436 g/mol. The molecule has 1 atom stereocenters. The first-order valence-corrected chi connectivity index (χ1v) is 13.3. The molecule has 0 heterocycles. The monoisotopic (exact) mass is 486 g/mol. The predicted molar refractivity (Wildman–Crippen MR) is 134 cm³/mol. The summed E-state index contributed by atoms with van der Waals surface area (Å²) in [6.45, 7) is 3.96. The first kappa shape index (κ1) is 32.3. The van der Waals surface area contributed by atoms with Gasteiger partial charge in [-0.25, -0.2) is 0 Å². The largest absolute Gasteiger partial charge is 0.480 e. The van der Waals surface area contributed by atoms with E-state index in [1.807, 2.05) is 0 Å². The van der Waals surface area contributed by atoms with Crippen molar-refractivity contribution in [3.05, 3.63) is 0 Å². The average Bonchev–Trinajstić information content (AvgIpc) is 2.76. The Labute approximate surface area is 205 Å². The van der Waals surface area contributed by atoms with Gasteiger partial charge in [0.15, 0.2) is 0 Å². The number of unbranched alkanes of at least 4 members (excludes halogenated alkanes) is 15. The highest BCUT2D eigenvalue weighted by Crippen LogP contribution is 2.32. The Bertz CT molecular complexity index is 558. The Kier molecular flexibility index (Phi) is 16.8. The summed E-state index contributed by atoms with van der Waals surface area (Å²) >= 11 is 0. The van der Waals surface area contributed by atoms with Crippen molar-refractivity contribution >= 4 is 17.9 Å². The minimum atomic E-state index is -3.05. The standard InChI is InChI=1S/C26H50N2O6/c1-3-4-5-6-7-8-9-10-11-12-13-14-15-16-17-18-19-21(2)26(27,28)20-25(22(29)30,23(31)32)24(33)34/h21H,3-20,27-28H2,1-2H3,(H,29,30)(H,31,32)(H,33,34). The highest BCUT2D eigenvalue weighted by Gasteiger charge is 2.58. The van der Waals surface area contributed by atoms with Crippen molar-refractivity contribution in [2.24, 2.45) is 22.8 Å². The molecule has 0 aliphatic rings. The van der Waals surface area contributed by atoms with Gasteiger partial charge in [-0.3, -0.25) is 14.4 Å². The molecule has 0 aliphatic carbocycles. The number of nitrogens with two attached hydrogens (primary N) is 2. The van der Waals surface area contributed by atoms with E-state index in [9.17, 15) is 29.7 Å². The predicted octanol–water partition coefficient (Wildman–Crippen LogP) is 5.52. The molecule has 0 aromatic rings. The van der Waals surface area contributed by atoms with Crippen molar-refractivity contribution in [1.29, 1.82) is 0 Å². The van der Waals surface area contributed by atoms with Crippen LogP contribution < -0.4 is 11.5 Å². The third-order valence-corrected chi connectivity index (χ3v) is 7.07. The van der Waals surface area contributed by atoms with E-state index in [2.05, 4.69) is 6.92 Å². The number of carboxylic acid groups (broad SMARTS) is 3. The smallest absolute Gasteiger partial charge is 0.332 e. The van der Waals surface area contributed by atoms with Gasteiger partial charge < -0.3 is 26.8 Å². The summed E-state index contributed by atoms with van der Waals surface area (Å²) in [4.78, 5) is 34.3. The van der Waals surface area contributed by atoms with Crippen molar-refractivity contribution < 1.29 is 29.7 Å². The number of rotatable bonds is 23. The summed E-state index contributed by atoms with van der Waals surface area (Å²) in [6, 6.07) is 0. The van der Waals surface area contributed by atoms with Gasteiger partial charge >= 0.3 is 17.9 Å². The van der Waals surface area contributed by atoms with Gasteiger partial charge in [0.05, 0.1) is 5.66 Å². The molecule has 0 fully saturated rings. The lowest BCUT2D eigenvalue weighted by Crippen LogP contribution is -2.62. The van der Waals surface area contributed by atoms with Gasteiger partial charge in [-0.1, -0.05) is 117 Å². The molecule has 0 amide bonds. The maximum Gasteiger partial charge on any atom is 0.332 e. The topological polar surface area (TPSA) is 164 Å². The van der Waals surface area contributed by atoms with Crippen LogP contribution in [0.15, 0.2) is 0 Å². The number of carbonyl (C=O) groups is 3. The van der Waals surface area contributed by atoms with Gasteiger partial charge in [0, 0.05) is 6.42 Å². The molecule has 200 valence electrons. The molecule has 0 aromatic carbocycles. The molecule has 8 heteroatoms. The van der Waals surface area contributed by atoms with E-state index >= 15 is 0 Å². The lowest BCUT2D eigenvalue weighted by atomic mass is 9.74. The fourth-order valence-corrected chi connectivity index (χ4v) is 4.40. The maximum atomic E-state index is 11.4. The van der Waals surface area contributed by atoms with E-state index in [1.165, 1.54) is 83.5 Å². The quantitative estimate of drug-likeness (QED) is 0.0715. The van der Waals surface area contributed by atoms with Gasteiger partial charge in [-0.2, -0.15) is 0 Å². The number of hydrogen-bond donors (Lipinski definition) is 5. The molecule has 0 radical (unpaired) electrons. The minimum absolute atomic E-state index is 0.420. The first-order valence-electron chi connectivity index (χ1n) is 13.3. The molecule has 0 rings (SSSR count). The van der Waals surface area contributed by atoms with Crippen molar-refractivity contribution in [3.63, 3.8) is 0 Å². The Balaban J connectivity index is 3.96. The molecule has 0 saturated carbocycles. The summed E-state index contributed by atoms with van der Waals surface area (Å²) < 4.78 is 0. The van der Waals surface area contributed by atoms with Gasteiger partial charge in [-0.05, 0) is 12.3 Å². The molecule has 34 heavy (non-hydrogen) atoms.